The van der Waals surface area contributed by atoms with Crippen LogP contribution in [0.2, 0.25) is 0 Å². The number of carbonyl (C=O) groups is 1. The fourth-order valence-corrected chi connectivity index (χ4v) is 2.20. The van der Waals surface area contributed by atoms with Gasteiger partial charge in [-0.25, -0.2) is 4.39 Å². The molecule has 144 valence electrons. The van der Waals surface area contributed by atoms with Crippen LogP contribution in [0.1, 0.15) is 11.1 Å². The number of halogens is 3. The molecule has 0 amide bonds. The van der Waals surface area contributed by atoms with Crippen molar-refractivity contribution in [2.24, 2.45) is 0 Å². The van der Waals surface area contributed by atoms with E-state index in [-0.39, 0.29) is 17.7 Å². The Labute approximate surface area is 151 Å². The lowest BCUT2D eigenvalue weighted by atomic mass is 10.1. The fourth-order valence-electron chi connectivity index (χ4n) is 2.20. The summed E-state index contributed by atoms with van der Waals surface area (Å²) in [6.45, 7) is -3.68. The number of hydrogen-bond donors (Lipinski definition) is 0. The third-order valence-electron chi connectivity index (χ3n) is 3.43. The second-order valence-corrected chi connectivity index (χ2v) is 5.23. The van der Waals surface area contributed by atoms with Gasteiger partial charge in [0.05, 0.1) is 30.1 Å². The van der Waals surface area contributed by atoms with Crippen LogP contribution in [0.15, 0.2) is 36.4 Å². The van der Waals surface area contributed by atoms with Crippen LogP contribution in [0.5, 0.6) is 11.5 Å². The minimum Gasteiger partial charge on any atom is -0.493 e. The maximum Gasteiger partial charge on any atom is 0.387 e. The Kier molecular flexibility index (Phi) is 6.58. The molecule has 27 heavy (non-hydrogen) atoms. The van der Waals surface area contributed by atoms with Crippen LogP contribution in [-0.4, -0.2) is 24.6 Å². The van der Waals surface area contributed by atoms with Crippen molar-refractivity contribution in [2.45, 2.75) is 19.6 Å². The van der Waals surface area contributed by atoms with Crippen LogP contribution >= 0.6 is 0 Å². The van der Waals surface area contributed by atoms with Gasteiger partial charge in [0, 0.05) is 0 Å². The first-order valence-corrected chi connectivity index (χ1v) is 7.50. The van der Waals surface area contributed by atoms with Crippen LogP contribution in [0.4, 0.5) is 18.9 Å². The first-order chi connectivity index (χ1) is 12.8. The van der Waals surface area contributed by atoms with Crippen LogP contribution in [0.3, 0.4) is 0 Å². The largest absolute Gasteiger partial charge is 0.493 e. The standard InChI is InChI=1S/C17H14F3NO6/c1-25-14-7-11(13(21(23)24)8-15(14)27-17(19)20)9-26-16(22)6-10-2-4-12(18)5-3-10/h2-5,7-8,17H,6,9H2,1H3. The van der Waals surface area contributed by atoms with Crippen LogP contribution < -0.4 is 9.47 Å². The quantitative estimate of drug-likeness (QED) is 0.392. The van der Waals surface area contributed by atoms with Gasteiger partial charge in [0.1, 0.15) is 12.4 Å². The third kappa shape index (κ3) is 5.59. The van der Waals surface area contributed by atoms with Crippen molar-refractivity contribution in [3.63, 3.8) is 0 Å². The molecule has 0 aliphatic rings. The van der Waals surface area contributed by atoms with Gasteiger partial charge in [-0.05, 0) is 23.8 Å². The summed E-state index contributed by atoms with van der Waals surface area (Å²) in [5.74, 6) is -1.85. The smallest absolute Gasteiger partial charge is 0.387 e. The van der Waals surface area contributed by atoms with Crippen molar-refractivity contribution >= 4 is 11.7 Å². The molecule has 0 aliphatic carbocycles. The average Bonchev–Trinajstić information content (AvgIpc) is 2.61. The molecule has 0 saturated heterocycles. The molecule has 0 bridgehead atoms. The number of nitro groups is 1. The third-order valence-corrected chi connectivity index (χ3v) is 3.43. The summed E-state index contributed by atoms with van der Waals surface area (Å²) in [5.41, 5.74) is -0.138. The SMILES string of the molecule is COc1cc(COC(=O)Cc2ccc(F)cc2)c([N+](=O)[O-])cc1OC(F)F. The Hall–Kier alpha value is -3.30. The summed E-state index contributed by atoms with van der Waals surface area (Å²) in [4.78, 5) is 22.2. The van der Waals surface area contributed by atoms with Gasteiger partial charge in [-0.15, -0.1) is 0 Å². The van der Waals surface area contributed by atoms with Crippen LogP contribution in [0.25, 0.3) is 0 Å². The molecule has 10 heteroatoms. The monoisotopic (exact) mass is 385 g/mol. The Morgan fingerprint density at radius 3 is 2.41 bits per heavy atom. The molecule has 2 aromatic rings. The van der Waals surface area contributed by atoms with E-state index in [1.807, 2.05) is 0 Å². The fraction of sp³-hybridized carbons (Fsp3) is 0.235. The van der Waals surface area contributed by atoms with Crippen LogP contribution in [-0.2, 0) is 22.6 Å². The van der Waals surface area contributed by atoms with Gasteiger partial charge in [0.15, 0.2) is 11.5 Å². The molecule has 7 nitrogen and oxygen atoms in total. The molecule has 0 radical (unpaired) electrons. The zero-order valence-corrected chi connectivity index (χ0v) is 14.0. The highest BCUT2D eigenvalue weighted by atomic mass is 19.3. The van der Waals surface area contributed by atoms with Gasteiger partial charge < -0.3 is 14.2 Å². The minimum atomic E-state index is -3.20. The van der Waals surface area contributed by atoms with Gasteiger partial charge >= 0.3 is 12.6 Å². The summed E-state index contributed by atoms with van der Waals surface area (Å²) >= 11 is 0. The maximum atomic E-state index is 12.8. The molecule has 0 spiro atoms. The first kappa shape index (κ1) is 20.0. The normalized spacial score (nSPS) is 10.6. The van der Waals surface area contributed by atoms with E-state index in [1.165, 1.54) is 31.4 Å². The predicted octanol–water partition coefficient (Wildman–Crippen LogP) is 3.63. The summed E-state index contributed by atoms with van der Waals surface area (Å²) in [6, 6.07) is 7.02. The van der Waals surface area contributed by atoms with E-state index in [0.717, 1.165) is 12.1 Å². The van der Waals surface area contributed by atoms with Crippen molar-refractivity contribution in [3.8, 4) is 11.5 Å². The van der Waals surface area contributed by atoms with Crippen molar-refractivity contribution in [1.29, 1.82) is 0 Å². The van der Waals surface area contributed by atoms with E-state index in [2.05, 4.69) is 4.74 Å². The Morgan fingerprint density at radius 1 is 1.19 bits per heavy atom. The van der Waals surface area contributed by atoms with E-state index in [1.54, 1.807) is 0 Å². The molecule has 0 heterocycles. The number of ether oxygens (including phenoxy) is 3. The lowest BCUT2D eigenvalue weighted by Crippen LogP contribution is -2.10. The summed E-state index contributed by atoms with van der Waals surface area (Å²) < 4.78 is 51.7. The number of benzene rings is 2. The summed E-state index contributed by atoms with van der Waals surface area (Å²) in [6.07, 6.45) is -0.169. The van der Waals surface area contributed by atoms with Gasteiger partial charge in [-0.1, -0.05) is 12.1 Å². The van der Waals surface area contributed by atoms with Crippen molar-refractivity contribution in [3.05, 3.63) is 63.5 Å². The Balaban J connectivity index is 2.15. The second-order valence-electron chi connectivity index (χ2n) is 5.23. The Bertz CT molecular complexity index is 826. The molecule has 0 aromatic heterocycles. The predicted molar refractivity (Wildman–Crippen MR) is 86.2 cm³/mol. The van der Waals surface area contributed by atoms with Gasteiger partial charge in [-0.2, -0.15) is 8.78 Å². The first-order valence-electron chi connectivity index (χ1n) is 7.50. The van der Waals surface area contributed by atoms with E-state index < -0.39 is 41.4 Å². The lowest BCUT2D eigenvalue weighted by molar-refractivity contribution is -0.386. The number of methoxy groups -OCH3 is 1. The Morgan fingerprint density at radius 2 is 1.85 bits per heavy atom. The highest BCUT2D eigenvalue weighted by Crippen LogP contribution is 2.36. The molecule has 2 aromatic carbocycles. The van der Waals surface area contributed by atoms with E-state index in [4.69, 9.17) is 9.47 Å². The highest BCUT2D eigenvalue weighted by Gasteiger charge is 2.22. The molecule has 0 saturated carbocycles. The zero-order chi connectivity index (χ0) is 20.0. The van der Waals surface area contributed by atoms with Crippen molar-refractivity contribution in [1.82, 2.24) is 0 Å². The topological polar surface area (TPSA) is 87.9 Å². The number of hydrogen-bond acceptors (Lipinski definition) is 6. The van der Waals surface area contributed by atoms with E-state index in [9.17, 15) is 28.1 Å². The zero-order valence-electron chi connectivity index (χ0n) is 14.0. The van der Waals surface area contributed by atoms with Crippen molar-refractivity contribution in [2.75, 3.05) is 7.11 Å². The van der Waals surface area contributed by atoms with E-state index >= 15 is 0 Å². The number of carbonyl (C=O) groups excluding carboxylic acids is 1. The molecular formula is C17H14F3NO6. The number of nitrogens with zero attached hydrogens (tertiary/aromatic N) is 1. The van der Waals surface area contributed by atoms with Crippen molar-refractivity contribution < 1.29 is 37.1 Å². The summed E-state index contributed by atoms with van der Waals surface area (Å²) in [5, 5.41) is 11.2. The van der Waals surface area contributed by atoms with Gasteiger partial charge in [0.2, 0.25) is 0 Å². The molecule has 0 atom stereocenters. The minimum absolute atomic E-state index is 0.0640. The number of esters is 1. The molecule has 0 N–H and O–H groups in total. The second kappa shape index (κ2) is 8.88. The van der Waals surface area contributed by atoms with Gasteiger partial charge in [0.25, 0.3) is 5.69 Å². The van der Waals surface area contributed by atoms with Gasteiger partial charge in [-0.3, -0.25) is 14.9 Å². The maximum absolute atomic E-state index is 12.8. The molecule has 0 unspecified atom stereocenters. The molecular weight excluding hydrogens is 371 g/mol. The summed E-state index contributed by atoms with van der Waals surface area (Å²) in [7, 11) is 1.17. The van der Waals surface area contributed by atoms with E-state index in [0.29, 0.717) is 5.56 Å². The number of rotatable bonds is 8. The average molecular weight is 385 g/mol. The number of nitro benzene ring substituents is 1. The lowest BCUT2D eigenvalue weighted by Gasteiger charge is -2.12. The molecule has 2 rings (SSSR count). The molecule has 0 aliphatic heterocycles. The number of alkyl halides is 2. The highest BCUT2D eigenvalue weighted by molar-refractivity contribution is 5.72. The van der Waals surface area contributed by atoms with Crippen LogP contribution in [0, 0.1) is 15.9 Å². The molecule has 0 fully saturated rings.